The molecular formula is C9H17NO. The zero-order chi connectivity index (χ0) is 8.48. The van der Waals surface area contributed by atoms with Gasteiger partial charge in [-0.15, -0.1) is 0 Å². The Morgan fingerprint density at radius 3 is 2.45 bits per heavy atom. The molecule has 0 heterocycles. The first-order valence-corrected chi connectivity index (χ1v) is 4.31. The molecule has 1 rings (SSSR count). The van der Waals surface area contributed by atoms with Crippen LogP contribution in [0.5, 0.6) is 0 Å². The quantitative estimate of drug-likeness (QED) is 0.607. The molecule has 0 spiro atoms. The van der Waals surface area contributed by atoms with E-state index in [1.165, 1.54) is 12.8 Å². The van der Waals surface area contributed by atoms with Crippen LogP contribution in [0.25, 0.3) is 0 Å². The minimum atomic E-state index is 0.299. The van der Waals surface area contributed by atoms with Gasteiger partial charge >= 0.3 is 0 Å². The SMILES string of the molecule is CCN(C)C(=O)CC1(C)CC1. The summed E-state index contributed by atoms with van der Waals surface area (Å²) in [5.41, 5.74) is 0.362. The summed E-state index contributed by atoms with van der Waals surface area (Å²) in [5.74, 6) is 0.299. The van der Waals surface area contributed by atoms with Crippen molar-refractivity contribution in [1.29, 1.82) is 0 Å². The van der Waals surface area contributed by atoms with Crippen LogP contribution in [0.15, 0.2) is 0 Å². The Hall–Kier alpha value is -0.530. The number of carbonyl (C=O) groups is 1. The maximum atomic E-state index is 11.4. The predicted octanol–water partition coefficient (Wildman–Crippen LogP) is 1.65. The maximum Gasteiger partial charge on any atom is 0.222 e. The first-order valence-electron chi connectivity index (χ1n) is 4.31. The number of rotatable bonds is 3. The van der Waals surface area contributed by atoms with E-state index in [9.17, 15) is 4.79 Å². The zero-order valence-electron chi connectivity index (χ0n) is 7.68. The normalized spacial score (nSPS) is 19.5. The number of amides is 1. The Labute approximate surface area is 68.6 Å². The molecule has 0 aliphatic heterocycles. The lowest BCUT2D eigenvalue weighted by Crippen LogP contribution is -2.27. The zero-order valence-corrected chi connectivity index (χ0v) is 7.68. The molecule has 1 saturated carbocycles. The minimum Gasteiger partial charge on any atom is -0.346 e. The maximum absolute atomic E-state index is 11.4. The Morgan fingerprint density at radius 2 is 2.09 bits per heavy atom. The molecule has 0 bridgehead atoms. The fourth-order valence-corrected chi connectivity index (χ4v) is 1.07. The van der Waals surface area contributed by atoms with Gasteiger partial charge in [-0.2, -0.15) is 0 Å². The average Bonchev–Trinajstić information content (AvgIpc) is 2.66. The van der Waals surface area contributed by atoms with E-state index in [1.54, 1.807) is 4.90 Å². The van der Waals surface area contributed by atoms with Gasteiger partial charge in [-0.05, 0) is 25.2 Å². The van der Waals surface area contributed by atoms with Crippen LogP contribution in [0.2, 0.25) is 0 Å². The van der Waals surface area contributed by atoms with Gasteiger partial charge in [-0.25, -0.2) is 0 Å². The lowest BCUT2D eigenvalue weighted by molar-refractivity contribution is -0.130. The van der Waals surface area contributed by atoms with Crippen LogP contribution in [-0.4, -0.2) is 24.4 Å². The Kier molecular flexibility index (Phi) is 2.21. The molecule has 0 radical (unpaired) electrons. The molecular weight excluding hydrogens is 138 g/mol. The fourth-order valence-electron chi connectivity index (χ4n) is 1.07. The molecule has 0 aromatic heterocycles. The van der Waals surface area contributed by atoms with Crippen molar-refractivity contribution in [3.8, 4) is 0 Å². The van der Waals surface area contributed by atoms with Gasteiger partial charge in [-0.3, -0.25) is 4.79 Å². The number of hydrogen-bond acceptors (Lipinski definition) is 1. The van der Waals surface area contributed by atoms with Crippen molar-refractivity contribution in [2.45, 2.75) is 33.1 Å². The van der Waals surface area contributed by atoms with Crippen LogP contribution in [0.4, 0.5) is 0 Å². The molecule has 2 heteroatoms. The highest BCUT2D eigenvalue weighted by atomic mass is 16.2. The molecule has 0 unspecified atom stereocenters. The highest BCUT2D eigenvalue weighted by Gasteiger charge is 2.39. The third kappa shape index (κ3) is 2.21. The molecule has 2 nitrogen and oxygen atoms in total. The molecule has 64 valence electrons. The number of carbonyl (C=O) groups excluding carboxylic acids is 1. The first-order chi connectivity index (χ1) is 5.07. The van der Waals surface area contributed by atoms with E-state index in [-0.39, 0.29) is 0 Å². The number of nitrogens with zero attached hydrogens (tertiary/aromatic N) is 1. The van der Waals surface area contributed by atoms with E-state index in [0.717, 1.165) is 13.0 Å². The van der Waals surface area contributed by atoms with E-state index in [1.807, 2.05) is 14.0 Å². The van der Waals surface area contributed by atoms with E-state index >= 15 is 0 Å². The molecule has 0 atom stereocenters. The van der Waals surface area contributed by atoms with E-state index < -0.39 is 0 Å². The molecule has 1 fully saturated rings. The summed E-state index contributed by atoms with van der Waals surface area (Å²) in [7, 11) is 1.87. The second kappa shape index (κ2) is 2.84. The van der Waals surface area contributed by atoms with Crippen molar-refractivity contribution in [2.75, 3.05) is 13.6 Å². The van der Waals surface area contributed by atoms with Gasteiger partial charge in [0.2, 0.25) is 5.91 Å². The van der Waals surface area contributed by atoms with Crippen LogP contribution >= 0.6 is 0 Å². The van der Waals surface area contributed by atoms with Crippen LogP contribution in [0, 0.1) is 5.41 Å². The molecule has 1 aliphatic carbocycles. The van der Waals surface area contributed by atoms with Gasteiger partial charge < -0.3 is 4.90 Å². The lowest BCUT2D eigenvalue weighted by atomic mass is 10.1. The standard InChI is InChI=1S/C9H17NO/c1-4-10(3)8(11)7-9(2)5-6-9/h4-7H2,1-3H3. The van der Waals surface area contributed by atoms with E-state index in [4.69, 9.17) is 0 Å². The van der Waals surface area contributed by atoms with Crippen molar-refractivity contribution in [2.24, 2.45) is 5.41 Å². The second-order valence-corrected chi connectivity index (χ2v) is 3.90. The minimum absolute atomic E-state index is 0.299. The first kappa shape index (κ1) is 8.57. The Bertz CT molecular complexity index is 161. The van der Waals surface area contributed by atoms with Crippen molar-refractivity contribution >= 4 is 5.91 Å². The van der Waals surface area contributed by atoms with Crippen molar-refractivity contribution in [3.05, 3.63) is 0 Å². The van der Waals surface area contributed by atoms with Crippen molar-refractivity contribution in [3.63, 3.8) is 0 Å². The summed E-state index contributed by atoms with van der Waals surface area (Å²) in [6.07, 6.45) is 3.21. The van der Waals surface area contributed by atoms with Crippen LogP contribution in [0.1, 0.15) is 33.1 Å². The molecule has 0 N–H and O–H groups in total. The lowest BCUT2D eigenvalue weighted by Gasteiger charge is -2.16. The molecule has 0 aromatic carbocycles. The third-order valence-corrected chi connectivity index (χ3v) is 2.58. The van der Waals surface area contributed by atoms with Gasteiger partial charge in [0.05, 0.1) is 0 Å². The average molecular weight is 155 g/mol. The van der Waals surface area contributed by atoms with Crippen LogP contribution in [-0.2, 0) is 4.79 Å². The highest BCUT2D eigenvalue weighted by molar-refractivity contribution is 5.76. The van der Waals surface area contributed by atoms with Crippen molar-refractivity contribution in [1.82, 2.24) is 4.90 Å². The second-order valence-electron chi connectivity index (χ2n) is 3.90. The molecule has 1 aliphatic rings. The third-order valence-electron chi connectivity index (χ3n) is 2.58. The molecule has 0 saturated heterocycles. The molecule has 0 aromatic rings. The Morgan fingerprint density at radius 1 is 1.55 bits per heavy atom. The summed E-state index contributed by atoms with van der Waals surface area (Å²) >= 11 is 0. The monoisotopic (exact) mass is 155 g/mol. The predicted molar refractivity (Wildman–Crippen MR) is 45.3 cm³/mol. The number of hydrogen-bond donors (Lipinski definition) is 0. The van der Waals surface area contributed by atoms with Crippen molar-refractivity contribution < 1.29 is 4.79 Å². The largest absolute Gasteiger partial charge is 0.346 e. The van der Waals surface area contributed by atoms with E-state index in [2.05, 4.69) is 6.92 Å². The summed E-state index contributed by atoms with van der Waals surface area (Å²) < 4.78 is 0. The highest BCUT2D eigenvalue weighted by Crippen LogP contribution is 2.48. The van der Waals surface area contributed by atoms with Gasteiger partial charge in [-0.1, -0.05) is 6.92 Å². The molecule has 11 heavy (non-hydrogen) atoms. The fraction of sp³-hybridized carbons (Fsp3) is 0.889. The van der Waals surface area contributed by atoms with E-state index in [0.29, 0.717) is 11.3 Å². The topological polar surface area (TPSA) is 20.3 Å². The summed E-state index contributed by atoms with van der Waals surface area (Å²) in [6, 6.07) is 0. The summed E-state index contributed by atoms with van der Waals surface area (Å²) in [6.45, 7) is 5.02. The summed E-state index contributed by atoms with van der Waals surface area (Å²) in [5, 5.41) is 0. The van der Waals surface area contributed by atoms with Crippen LogP contribution in [0.3, 0.4) is 0 Å². The van der Waals surface area contributed by atoms with Crippen LogP contribution < -0.4 is 0 Å². The Balaban J connectivity index is 2.31. The summed E-state index contributed by atoms with van der Waals surface area (Å²) in [4.78, 5) is 13.2. The van der Waals surface area contributed by atoms with Gasteiger partial charge in [0.15, 0.2) is 0 Å². The van der Waals surface area contributed by atoms with Gasteiger partial charge in [0, 0.05) is 20.0 Å². The van der Waals surface area contributed by atoms with Gasteiger partial charge in [0.1, 0.15) is 0 Å². The smallest absolute Gasteiger partial charge is 0.222 e. The van der Waals surface area contributed by atoms with Gasteiger partial charge in [0.25, 0.3) is 0 Å². The molecule has 1 amide bonds.